The number of hydrogen-bond donors (Lipinski definition) is 0. The van der Waals surface area contributed by atoms with E-state index >= 15 is 0 Å². The lowest BCUT2D eigenvalue weighted by Crippen LogP contribution is -2.30. The molecular weight excluding hydrogens is 172 g/mol. The molecule has 1 rings (SSSR count). The van der Waals surface area contributed by atoms with Gasteiger partial charge >= 0.3 is 5.97 Å². The van der Waals surface area contributed by atoms with Crippen molar-refractivity contribution in [3.63, 3.8) is 0 Å². The van der Waals surface area contributed by atoms with Crippen LogP contribution in [0, 0.1) is 5.41 Å². The van der Waals surface area contributed by atoms with Crippen molar-refractivity contribution in [2.45, 2.75) is 33.5 Å². The summed E-state index contributed by atoms with van der Waals surface area (Å²) >= 11 is 0. The first-order valence-corrected chi connectivity index (χ1v) is 4.46. The van der Waals surface area contributed by atoms with Gasteiger partial charge in [0.1, 0.15) is 6.61 Å². The first-order chi connectivity index (χ1) is 6.06. The zero-order valence-electron chi connectivity index (χ0n) is 8.33. The lowest BCUT2D eigenvalue weighted by Gasteiger charge is -2.21. The number of esters is 1. The Hall–Kier alpha value is -0.610. The molecule has 1 saturated heterocycles. The minimum Gasteiger partial charge on any atom is -0.433 e. The van der Waals surface area contributed by atoms with Gasteiger partial charge in [0.2, 0.25) is 6.29 Å². The van der Waals surface area contributed by atoms with Gasteiger partial charge in [0.15, 0.2) is 6.79 Å². The average molecular weight is 188 g/mol. The first kappa shape index (κ1) is 10.5. The minimum absolute atomic E-state index is 0.213. The molecule has 0 radical (unpaired) electrons. The molecule has 1 aliphatic rings. The topological polar surface area (TPSA) is 44.8 Å². The van der Waals surface area contributed by atoms with Crippen LogP contribution in [0.4, 0.5) is 0 Å². The fraction of sp³-hybridized carbons (Fsp3) is 0.889. The third-order valence-electron chi connectivity index (χ3n) is 2.27. The van der Waals surface area contributed by atoms with Gasteiger partial charge in [0.05, 0.1) is 5.41 Å². The van der Waals surface area contributed by atoms with Gasteiger partial charge in [0, 0.05) is 0 Å². The van der Waals surface area contributed by atoms with Crippen LogP contribution >= 0.6 is 0 Å². The van der Waals surface area contributed by atoms with Gasteiger partial charge in [-0.3, -0.25) is 4.79 Å². The van der Waals surface area contributed by atoms with E-state index < -0.39 is 11.7 Å². The summed E-state index contributed by atoms with van der Waals surface area (Å²) in [5.41, 5.74) is -0.439. The second kappa shape index (κ2) is 4.07. The third-order valence-corrected chi connectivity index (χ3v) is 2.27. The van der Waals surface area contributed by atoms with Crippen LogP contribution < -0.4 is 0 Å². The second-order valence-electron chi connectivity index (χ2n) is 3.73. The molecule has 1 unspecified atom stereocenters. The molecule has 0 aromatic rings. The van der Waals surface area contributed by atoms with Crippen LogP contribution in [-0.4, -0.2) is 25.7 Å². The number of ether oxygens (including phenoxy) is 3. The zero-order valence-corrected chi connectivity index (χ0v) is 8.33. The van der Waals surface area contributed by atoms with Crippen LogP contribution in [0.25, 0.3) is 0 Å². The third kappa shape index (κ3) is 2.67. The standard InChI is InChI=1S/C9H16O4/c1-4-9(2,3)8(10)13-7-5-11-6-12-7/h7H,4-6H2,1-3H3. The van der Waals surface area contributed by atoms with Crippen molar-refractivity contribution in [3.05, 3.63) is 0 Å². The van der Waals surface area contributed by atoms with Crippen LogP contribution in [-0.2, 0) is 19.0 Å². The summed E-state index contributed by atoms with van der Waals surface area (Å²) in [6, 6.07) is 0. The van der Waals surface area contributed by atoms with Gasteiger partial charge < -0.3 is 14.2 Å². The highest BCUT2D eigenvalue weighted by molar-refractivity contribution is 5.75. The molecule has 1 atom stereocenters. The molecule has 0 aromatic heterocycles. The summed E-state index contributed by atoms with van der Waals surface area (Å²) < 4.78 is 15.0. The smallest absolute Gasteiger partial charge is 0.313 e. The van der Waals surface area contributed by atoms with Crippen molar-refractivity contribution in [3.8, 4) is 0 Å². The van der Waals surface area contributed by atoms with Crippen LogP contribution in [0.5, 0.6) is 0 Å². The van der Waals surface area contributed by atoms with Crippen LogP contribution in [0.15, 0.2) is 0 Å². The molecule has 4 heteroatoms. The monoisotopic (exact) mass is 188 g/mol. The van der Waals surface area contributed by atoms with E-state index in [1.807, 2.05) is 20.8 Å². The molecular formula is C9H16O4. The first-order valence-electron chi connectivity index (χ1n) is 4.46. The highest BCUT2D eigenvalue weighted by Gasteiger charge is 2.31. The summed E-state index contributed by atoms with van der Waals surface area (Å²) in [5.74, 6) is -0.231. The lowest BCUT2D eigenvalue weighted by molar-refractivity contribution is -0.178. The van der Waals surface area contributed by atoms with E-state index in [1.54, 1.807) is 0 Å². The van der Waals surface area contributed by atoms with Crippen LogP contribution in [0.1, 0.15) is 27.2 Å². The van der Waals surface area contributed by atoms with Gasteiger partial charge in [-0.15, -0.1) is 0 Å². The largest absolute Gasteiger partial charge is 0.433 e. The van der Waals surface area contributed by atoms with E-state index in [4.69, 9.17) is 14.2 Å². The van der Waals surface area contributed by atoms with Crippen LogP contribution in [0.3, 0.4) is 0 Å². The Kier molecular flexibility index (Phi) is 3.27. The molecule has 1 aliphatic heterocycles. The Labute approximate surface area is 78.2 Å². The molecule has 0 N–H and O–H groups in total. The van der Waals surface area contributed by atoms with E-state index in [9.17, 15) is 4.79 Å². The van der Waals surface area contributed by atoms with Gasteiger partial charge in [-0.25, -0.2) is 0 Å². The fourth-order valence-electron chi connectivity index (χ4n) is 0.808. The van der Waals surface area contributed by atoms with E-state index in [1.165, 1.54) is 0 Å². The SMILES string of the molecule is CCC(C)(C)C(=O)OC1COCO1. The molecule has 0 aromatic carbocycles. The molecule has 0 amide bonds. The molecule has 4 nitrogen and oxygen atoms in total. The molecule has 13 heavy (non-hydrogen) atoms. The number of carbonyl (C=O) groups is 1. The van der Waals surface area contributed by atoms with E-state index in [0.717, 1.165) is 6.42 Å². The van der Waals surface area contributed by atoms with Crippen molar-refractivity contribution in [1.29, 1.82) is 0 Å². The highest BCUT2D eigenvalue weighted by atomic mass is 16.8. The molecule has 76 valence electrons. The fourth-order valence-corrected chi connectivity index (χ4v) is 0.808. The summed E-state index contributed by atoms with van der Waals surface area (Å²) in [7, 11) is 0. The molecule has 0 spiro atoms. The maximum atomic E-state index is 11.5. The summed E-state index contributed by atoms with van der Waals surface area (Å²) in [5, 5.41) is 0. The van der Waals surface area contributed by atoms with Crippen molar-refractivity contribution in [2.75, 3.05) is 13.4 Å². The van der Waals surface area contributed by atoms with Gasteiger partial charge in [-0.2, -0.15) is 0 Å². The summed E-state index contributed by atoms with van der Waals surface area (Å²) in [6.07, 6.45) is 0.234. The Morgan fingerprint density at radius 3 is 2.77 bits per heavy atom. The van der Waals surface area contributed by atoms with Gasteiger partial charge in [-0.05, 0) is 20.3 Å². The maximum Gasteiger partial charge on any atom is 0.313 e. The average Bonchev–Trinajstić information content (AvgIpc) is 2.57. The lowest BCUT2D eigenvalue weighted by atomic mass is 9.91. The Morgan fingerprint density at radius 2 is 2.31 bits per heavy atom. The molecule has 0 saturated carbocycles. The van der Waals surface area contributed by atoms with Crippen molar-refractivity contribution in [2.24, 2.45) is 5.41 Å². The van der Waals surface area contributed by atoms with E-state index in [2.05, 4.69) is 0 Å². The predicted octanol–water partition coefficient (Wildman–Crippen LogP) is 1.30. The Balaban J connectivity index is 2.39. The molecule has 0 aliphatic carbocycles. The highest BCUT2D eigenvalue weighted by Crippen LogP contribution is 2.23. The quantitative estimate of drug-likeness (QED) is 0.626. The molecule has 0 bridgehead atoms. The Morgan fingerprint density at radius 1 is 1.62 bits per heavy atom. The van der Waals surface area contributed by atoms with Crippen LogP contribution in [0.2, 0.25) is 0 Å². The Bertz CT molecular complexity index is 182. The van der Waals surface area contributed by atoms with Gasteiger partial charge in [0.25, 0.3) is 0 Å². The normalized spacial score (nSPS) is 23.2. The number of rotatable bonds is 3. The number of carbonyl (C=O) groups excluding carboxylic acids is 1. The summed E-state index contributed by atoms with van der Waals surface area (Å²) in [6.45, 7) is 6.21. The maximum absolute atomic E-state index is 11.5. The van der Waals surface area contributed by atoms with Gasteiger partial charge in [-0.1, -0.05) is 6.92 Å². The van der Waals surface area contributed by atoms with E-state index in [-0.39, 0.29) is 12.8 Å². The number of hydrogen-bond acceptors (Lipinski definition) is 4. The van der Waals surface area contributed by atoms with Crippen molar-refractivity contribution in [1.82, 2.24) is 0 Å². The summed E-state index contributed by atoms with van der Waals surface area (Å²) in [4.78, 5) is 11.5. The predicted molar refractivity (Wildman–Crippen MR) is 45.9 cm³/mol. The van der Waals surface area contributed by atoms with Crippen molar-refractivity contribution < 1.29 is 19.0 Å². The molecule has 1 fully saturated rings. The second-order valence-corrected chi connectivity index (χ2v) is 3.73. The van der Waals surface area contributed by atoms with Crippen molar-refractivity contribution >= 4 is 5.97 Å². The van der Waals surface area contributed by atoms with E-state index in [0.29, 0.717) is 6.61 Å². The molecule has 1 heterocycles. The zero-order chi connectivity index (χ0) is 9.90. The minimum atomic E-state index is -0.515.